The third-order valence-electron chi connectivity index (χ3n) is 6.03. The Morgan fingerprint density at radius 1 is 0.949 bits per heavy atom. The smallest absolute Gasteiger partial charge is 0.338 e. The summed E-state index contributed by atoms with van der Waals surface area (Å²) in [6, 6.07) is 22.6. The molecule has 3 aromatic rings. The van der Waals surface area contributed by atoms with Crippen molar-refractivity contribution >= 4 is 44.5 Å². The van der Waals surface area contributed by atoms with Gasteiger partial charge in [0.05, 0.1) is 35.4 Å². The minimum absolute atomic E-state index is 0.261. The SMILES string of the molecule is CCOC(=O)c1ccc2c(c1)NC(=O)/C2=C(\Nc1ccc(CNCCCNS(C)(=O)=O)cc1)c1ccccc1. The fourth-order valence-electron chi connectivity index (χ4n) is 4.20. The second-order valence-corrected chi connectivity index (χ2v) is 10.9. The van der Waals surface area contributed by atoms with Gasteiger partial charge in [-0.15, -0.1) is 0 Å². The van der Waals surface area contributed by atoms with Gasteiger partial charge in [-0.3, -0.25) is 4.79 Å². The van der Waals surface area contributed by atoms with Gasteiger partial charge in [-0.25, -0.2) is 17.9 Å². The number of carbonyl (C=O) groups is 2. The molecule has 0 saturated carbocycles. The quantitative estimate of drug-likeness (QED) is 0.154. The van der Waals surface area contributed by atoms with E-state index < -0.39 is 16.0 Å². The monoisotopic (exact) mass is 548 g/mol. The molecule has 10 heteroatoms. The second-order valence-electron chi connectivity index (χ2n) is 9.07. The summed E-state index contributed by atoms with van der Waals surface area (Å²) in [5.74, 6) is -0.697. The van der Waals surface area contributed by atoms with Crippen molar-refractivity contribution in [3.8, 4) is 0 Å². The molecule has 1 amide bonds. The van der Waals surface area contributed by atoms with E-state index >= 15 is 0 Å². The predicted octanol–water partition coefficient (Wildman–Crippen LogP) is 3.82. The van der Waals surface area contributed by atoms with Gasteiger partial charge in [0.2, 0.25) is 10.0 Å². The molecule has 4 rings (SSSR count). The van der Waals surface area contributed by atoms with Gasteiger partial charge < -0.3 is 20.7 Å². The van der Waals surface area contributed by atoms with Crippen LogP contribution >= 0.6 is 0 Å². The standard InChI is InChI=1S/C29H32N4O5S/c1-3-38-29(35)22-12-15-24-25(18-22)33-28(34)26(24)27(21-8-5-4-6-9-21)32-23-13-10-20(11-14-23)19-30-16-7-17-31-39(2,36)37/h4-6,8-15,18,30-32H,3,7,16-17,19H2,1-2H3,(H,33,34)/b27-26-. The molecule has 0 atom stereocenters. The van der Waals surface area contributed by atoms with Crippen molar-refractivity contribution in [1.82, 2.24) is 10.0 Å². The molecule has 204 valence electrons. The van der Waals surface area contributed by atoms with Crippen molar-refractivity contribution in [1.29, 1.82) is 0 Å². The van der Waals surface area contributed by atoms with Crippen LogP contribution in [0.5, 0.6) is 0 Å². The largest absolute Gasteiger partial charge is 0.462 e. The molecule has 0 bridgehead atoms. The van der Waals surface area contributed by atoms with Crippen molar-refractivity contribution in [3.63, 3.8) is 0 Å². The molecule has 0 spiro atoms. The Labute approximate surface area is 228 Å². The Hall–Kier alpha value is -3.99. The highest BCUT2D eigenvalue weighted by Gasteiger charge is 2.29. The number of rotatable bonds is 12. The molecule has 0 fully saturated rings. The Morgan fingerprint density at radius 3 is 2.38 bits per heavy atom. The second kappa shape index (κ2) is 12.7. The number of sulfonamides is 1. The average molecular weight is 549 g/mol. The first-order valence-corrected chi connectivity index (χ1v) is 14.6. The number of hydrogen-bond donors (Lipinski definition) is 4. The molecule has 3 aromatic carbocycles. The molecule has 1 aliphatic rings. The van der Waals surface area contributed by atoms with E-state index in [0.717, 1.165) is 23.1 Å². The van der Waals surface area contributed by atoms with Crippen LogP contribution in [0.2, 0.25) is 0 Å². The maximum atomic E-state index is 13.2. The van der Waals surface area contributed by atoms with Crippen LogP contribution in [-0.4, -0.2) is 46.2 Å². The number of amides is 1. The predicted molar refractivity (Wildman–Crippen MR) is 154 cm³/mol. The molecule has 0 aliphatic carbocycles. The zero-order valence-electron chi connectivity index (χ0n) is 21.9. The zero-order valence-corrected chi connectivity index (χ0v) is 22.7. The van der Waals surface area contributed by atoms with Gasteiger partial charge in [-0.2, -0.15) is 0 Å². The number of benzene rings is 3. The van der Waals surface area contributed by atoms with E-state index in [1.807, 2.05) is 54.6 Å². The molecule has 0 aromatic heterocycles. The summed E-state index contributed by atoms with van der Waals surface area (Å²) in [6.07, 6.45) is 1.83. The number of carbonyl (C=O) groups excluding carboxylic acids is 2. The van der Waals surface area contributed by atoms with E-state index in [9.17, 15) is 18.0 Å². The minimum Gasteiger partial charge on any atom is -0.462 e. The minimum atomic E-state index is -3.16. The van der Waals surface area contributed by atoms with Crippen molar-refractivity contribution in [2.24, 2.45) is 0 Å². The number of anilines is 2. The van der Waals surface area contributed by atoms with Gasteiger partial charge in [0.15, 0.2) is 0 Å². The van der Waals surface area contributed by atoms with Crippen molar-refractivity contribution < 1.29 is 22.7 Å². The molecule has 1 heterocycles. The first kappa shape index (κ1) is 28.0. The van der Waals surface area contributed by atoms with E-state index in [0.29, 0.717) is 54.1 Å². The summed E-state index contributed by atoms with van der Waals surface area (Å²) in [6.45, 7) is 3.74. The van der Waals surface area contributed by atoms with Crippen molar-refractivity contribution in [2.45, 2.75) is 19.9 Å². The summed E-state index contributed by atoms with van der Waals surface area (Å²) < 4.78 is 29.8. The lowest BCUT2D eigenvalue weighted by atomic mass is 9.99. The number of ether oxygens (including phenoxy) is 1. The summed E-state index contributed by atoms with van der Waals surface area (Å²) in [4.78, 5) is 25.4. The van der Waals surface area contributed by atoms with Crippen LogP contribution in [0.1, 0.15) is 40.4 Å². The van der Waals surface area contributed by atoms with Crippen LogP contribution in [0, 0.1) is 0 Å². The third kappa shape index (κ3) is 7.53. The number of fused-ring (bicyclic) bond motifs is 1. The first-order chi connectivity index (χ1) is 18.7. The zero-order chi connectivity index (χ0) is 27.8. The average Bonchev–Trinajstić information content (AvgIpc) is 3.24. The Bertz CT molecular complexity index is 1470. The van der Waals surface area contributed by atoms with E-state index in [1.54, 1.807) is 25.1 Å². The maximum absolute atomic E-state index is 13.2. The van der Waals surface area contributed by atoms with Crippen LogP contribution in [0.3, 0.4) is 0 Å². The lowest BCUT2D eigenvalue weighted by Crippen LogP contribution is -2.26. The van der Waals surface area contributed by atoms with Crippen LogP contribution in [0.25, 0.3) is 11.3 Å². The maximum Gasteiger partial charge on any atom is 0.338 e. The summed E-state index contributed by atoms with van der Waals surface area (Å²) in [7, 11) is -3.16. The first-order valence-electron chi connectivity index (χ1n) is 12.7. The van der Waals surface area contributed by atoms with Gasteiger partial charge in [-0.1, -0.05) is 48.5 Å². The number of hydrogen-bond acceptors (Lipinski definition) is 7. The molecule has 39 heavy (non-hydrogen) atoms. The van der Waals surface area contributed by atoms with Crippen LogP contribution in [0.4, 0.5) is 11.4 Å². The topological polar surface area (TPSA) is 126 Å². The summed E-state index contributed by atoms with van der Waals surface area (Å²) >= 11 is 0. The molecule has 4 N–H and O–H groups in total. The number of esters is 1. The highest BCUT2D eigenvalue weighted by atomic mass is 32.2. The summed E-state index contributed by atoms with van der Waals surface area (Å²) in [5, 5.41) is 9.62. The van der Waals surface area contributed by atoms with E-state index in [2.05, 4.69) is 20.7 Å². The van der Waals surface area contributed by atoms with Crippen LogP contribution in [0.15, 0.2) is 72.8 Å². The molecular formula is C29H32N4O5S. The van der Waals surface area contributed by atoms with E-state index in [-0.39, 0.29) is 12.5 Å². The van der Waals surface area contributed by atoms with Gasteiger partial charge in [-0.05, 0) is 55.3 Å². The highest BCUT2D eigenvalue weighted by molar-refractivity contribution is 7.88. The molecule has 0 radical (unpaired) electrons. The van der Waals surface area contributed by atoms with Crippen molar-refractivity contribution in [3.05, 3.63) is 95.1 Å². The van der Waals surface area contributed by atoms with Gasteiger partial charge >= 0.3 is 5.97 Å². The Morgan fingerprint density at radius 2 is 1.69 bits per heavy atom. The van der Waals surface area contributed by atoms with E-state index in [4.69, 9.17) is 4.74 Å². The van der Waals surface area contributed by atoms with Crippen LogP contribution in [-0.2, 0) is 26.1 Å². The van der Waals surface area contributed by atoms with Gasteiger partial charge in [0.1, 0.15) is 0 Å². The lowest BCUT2D eigenvalue weighted by molar-refractivity contribution is -0.110. The fraction of sp³-hybridized carbons (Fsp3) is 0.241. The molecule has 0 unspecified atom stereocenters. The Balaban J connectivity index is 1.52. The highest BCUT2D eigenvalue weighted by Crippen LogP contribution is 2.38. The normalized spacial score (nSPS) is 13.9. The van der Waals surface area contributed by atoms with Crippen molar-refractivity contribution in [2.75, 3.05) is 36.6 Å². The Kier molecular flexibility index (Phi) is 9.13. The fourth-order valence-corrected chi connectivity index (χ4v) is 4.72. The lowest BCUT2D eigenvalue weighted by Gasteiger charge is -2.15. The van der Waals surface area contributed by atoms with E-state index in [1.165, 1.54) is 0 Å². The number of nitrogens with one attached hydrogen (secondary N) is 4. The summed E-state index contributed by atoms with van der Waals surface area (Å²) in [5.41, 5.74) is 5.50. The third-order valence-corrected chi connectivity index (χ3v) is 6.76. The molecule has 1 aliphatic heterocycles. The molecule has 0 saturated heterocycles. The van der Waals surface area contributed by atoms with Gasteiger partial charge in [0, 0.05) is 24.3 Å². The van der Waals surface area contributed by atoms with Crippen LogP contribution < -0.4 is 20.7 Å². The molecule has 9 nitrogen and oxygen atoms in total. The van der Waals surface area contributed by atoms with Gasteiger partial charge in [0.25, 0.3) is 5.91 Å². The molecular weight excluding hydrogens is 516 g/mol.